The molecule has 0 aromatic heterocycles. The molecule has 6 heteroatoms. The number of amides is 2. The molecule has 2 aliphatic heterocycles. The van der Waals surface area contributed by atoms with Gasteiger partial charge in [0.2, 0.25) is 0 Å². The van der Waals surface area contributed by atoms with Crippen LogP contribution in [0.2, 0.25) is 0 Å². The Bertz CT molecular complexity index is 374. The second-order valence-corrected chi connectivity index (χ2v) is 5.57. The zero-order valence-corrected chi connectivity index (χ0v) is 11.7. The number of likely N-dealkylation sites (N-methyl/N-ethyl adjacent to an activating group) is 1. The fourth-order valence-corrected chi connectivity index (χ4v) is 3.11. The molecule has 0 aromatic rings. The largest absolute Gasteiger partial charge is 0.480 e. The molecule has 19 heavy (non-hydrogen) atoms. The van der Waals surface area contributed by atoms with Gasteiger partial charge in [-0.15, -0.1) is 0 Å². The summed E-state index contributed by atoms with van der Waals surface area (Å²) in [5.74, 6) is -0.908. The van der Waals surface area contributed by atoms with E-state index in [1.54, 1.807) is 11.9 Å². The predicted octanol–water partition coefficient (Wildman–Crippen LogP) is 1.01. The van der Waals surface area contributed by atoms with Crippen LogP contribution in [0.4, 0.5) is 4.79 Å². The molecule has 0 radical (unpaired) electrons. The molecule has 0 spiro atoms. The van der Waals surface area contributed by atoms with Crippen LogP contribution in [0, 0.1) is 5.92 Å². The van der Waals surface area contributed by atoms with E-state index in [0.29, 0.717) is 13.2 Å². The van der Waals surface area contributed by atoms with E-state index in [4.69, 9.17) is 4.74 Å². The number of ether oxygens (including phenoxy) is 1. The van der Waals surface area contributed by atoms with Crippen molar-refractivity contribution in [1.82, 2.24) is 9.80 Å². The fraction of sp³-hybridized carbons (Fsp3) is 0.846. The van der Waals surface area contributed by atoms with Crippen LogP contribution in [0.5, 0.6) is 0 Å². The number of carboxylic acids is 1. The van der Waals surface area contributed by atoms with E-state index >= 15 is 0 Å². The van der Waals surface area contributed by atoms with Crippen molar-refractivity contribution in [3.63, 3.8) is 0 Å². The Hall–Kier alpha value is -1.30. The number of aliphatic carboxylic acids is 1. The lowest BCUT2D eigenvalue weighted by molar-refractivity contribution is -0.142. The van der Waals surface area contributed by atoms with Gasteiger partial charge in [-0.05, 0) is 25.7 Å². The lowest BCUT2D eigenvalue weighted by atomic mass is 10.0. The number of rotatable bonds is 2. The molecular weight excluding hydrogens is 248 g/mol. The van der Waals surface area contributed by atoms with Crippen molar-refractivity contribution in [2.24, 2.45) is 5.92 Å². The first-order valence-corrected chi connectivity index (χ1v) is 6.81. The van der Waals surface area contributed by atoms with E-state index in [1.807, 2.05) is 13.8 Å². The number of carbonyl (C=O) groups is 2. The van der Waals surface area contributed by atoms with Crippen LogP contribution in [0.25, 0.3) is 0 Å². The van der Waals surface area contributed by atoms with Crippen molar-refractivity contribution in [2.75, 3.05) is 20.2 Å². The van der Waals surface area contributed by atoms with Crippen molar-refractivity contribution < 1.29 is 19.4 Å². The zero-order chi connectivity index (χ0) is 14.2. The highest BCUT2D eigenvalue weighted by Crippen LogP contribution is 2.27. The highest BCUT2D eigenvalue weighted by Gasteiger charge is 2.42. The summed E-state index contributed by atoms with van der Waals surface area (Å²) in [6, 6.07) is -0.857. The van der Waals surface area contributed by atoms with Crippen molar-refractivity contribution in [3.8, 4) is 0 Å². The first kappa shape index (κ1) is 14.1. The summed E-state index contributed by atoms with van der Waals surface area (Å²) in [6.07, 6.45) is 1.56. The monoisotopic (exact) mass is 270 g/mol. The Balaban J connectivity index is 2.08. The first-order chi connectivity index (χ1) is 8.93. The molecule has 0 bridgehead atoms. The van der Waals surface area contributed by atoms with Gasteiger partial charge in [-0.3, -0.25) is 0 Å². The minimum absolute atomic E-state index is 0.00658. The smallest absolute Gasteiger partial charge is 0.326 e. The van der Waals surface area contributed by atoms with Gasteiger partial charge in [0.15, 0.2) is 0 Å². The van der Waals surface area contributed by atoms with Crippen LogP contribution in [0.15, 0.2) is 0 Å². The maximum Gasteiger partial charge on any atom is 0.326 e. The summed E-state index contributed by atoms with van der Waals surface area (Å²) < 4.78 is 5.47. The molecule has 2 amide bonds. The van der Waals surface area contributed by atoms with Gasteiger partial charge in [0.25, 0.3) is 0 Å². The van der Waals surface area contributed by atoms with Gasteiger partial charge < -0.3 is 19.6 Å². The summed E-state index contributed by atoms with van der Waals surface area (Å²) in [5.41, 5.74) is 0. The van der Waals surface area contributed by atoms with Gasteiger partial charge in [-0.2, -0.15) is 0 Å². The summed E-state index contributed by atoms with van der Waals surface area (Å²) >= 11 is 0. The van der Waals surface area contributed by atoms with Crippen LogP contribution < -0.4 is 0 Å². The maximum absolute atomic E-state index is 12.5. The highest BCUT2D eigenvalue weighted by atomic mass is 16.5. The van der Waals surface area contributed by atoms with Crippen molar-refractivity contribution >= 4 is 12.0 Å². The van der Waals surface area contributed by atoms with Crippen LogP contribution >= 0.6 is 0 Å². The third-order valence-electron chi connectivity index (χ3n) is 4.33. The Kier molecular flexibility index (Phi) is 3.99. The number of urea groups is 1. The Morgan fingerprint density at radius 1 is 1.32 bits per heavy atom. The van der Waals surface area contributed by atoms with Gasteiger partial charge in [-0.25, -0.2) is 9.59 Å². The molecule has 2 fully saturated rings. The molecule has 2 rings (SSSR count). The standard InChI is InChI=1S/C13H22N2O4/c1-8-4-6-15(11(8)12(16)17)13(18)14(3)10-5-7-19-9(10)2/h8-11H,4-7H2,1-3H3,(H,16,17). The molecule has 4 atom stereocenters. The van der Waals surface area contributed by atoms with Gasteiger partial charge >= 0.3 is 12.0 Å². The molecule has 108 valence electrons. The first-order valence-electron chi connectivity index (χ1n) is 6.81. The van der Waals surface area contributed by atoms with Gasteiger partial charge in [0.05, 0.1) is 12.1 Å². The maximum atomic E-state index is 12.5. The third-order valence-corrected chi connectivity index (χ3v) is 4.33. The lowest BCUT2D eigenvalue weighted by Crippen LogP contribution is -2.52. The summed E-state index contributed by atoms with van der Waals surface area (Å²) in [5, 5.41) is 9.26. The molecule has 2 heterocycles. The highest BCUT2D eigenvalue weighted by molar-refractivity contribution is 5.83. The van der Waals surface area contributed by atoms with Crippen molar-refractivity contribution in [3.05, 3.63) is 0 Å². The minimum atomic E-state index is -0.914. The lowest BCUT2D eigenvalue weighted by Gasteiger charge is -2.33. The summed E-state index contributed by atoms with van der Waals surface area (Å²) in [7, 11) is 1.74. The van der Waals surface area contributed by atoms with E-state index in [-0.39, 0.29) is 24.1 Å². The SMILES string of the molecule is CC1CCN(C(=O)N(C)C2CCOC2C)C1C(=O)O. The van der Waals surface area contributed by atoms with E-state index in [2.05, 4.69) is 0 Å². The third kappa shape index (κ3) is 2.54. The molecule has 0 aromatic carbocycles. The predicted molar refractivity (Wildman–Crippen MR) is 68.9 cm³/mol. The zero-order valence-electron chi connectivity index (χ0n) is 11.7. The van der Waals surface area contributed by atoms with E-state index < -0.39 is 12.0 Å². The Morgan fingerprint density at radius 2 is 2.00 bits per heavy atom. The van der Waals surface area contributed by atoms with Crippen LogP contribution in [-0.2, 0) is 9.53 Å². The number of carboxylic acid groups (broad SMARTS) is 1. The van der Waals surface area contributed by atoms with E-state index in [0.717, 1.165) is 12.8 Å². The minimum Gasteiger partial charge on any atom is -0.480 e. The Morgan fingerprint density at radius 3 is 2.53 bits per heavy atom. The van der Waals surface area contributed by atoms with E-state index in [9.17, 15) is 14.7 Å². The average Bonchev–Trinajstić information content (AvgIpc) is 2.93. The van der Waals surface area contributed by atoms with Gasteiger partial charge in [-0.1, -0.05) is 6.92 Å². The normalized spacial score (nSPS) is 34.6. The van der Waals surface area contributed by atoms with Crippen LogP contribution in [0.1, 0.15) is 26.7 Å². The summed E-state index contributed by atoms with van der Waals surface area (Å²) in [4.78, 5) is 26.9. The number of hydrogen-bond donors (Lipinski definition) is 1. The fourth-order valence-electron chi connectivity index (χ4n) is 3.11. The Labute approximate surface area is 113 Å². The van der Waals surface area contributed by atoms with Crippen molar-refractivity contribution in [1.29, 1.82) is 0 Å². The number of nitrogens with zero attached hydrogens (tertiary/aromatic N) is 2. The number of likely N-dealkylation sites (tertiary alicyclic amines) is 1. The topological polar surface area (TPSA) is 70.1 Å². The summed E-state index contributed by atoms with van der Waals surface area (Å²) in [6.45, 7) is 5.00. The second kappa shape index (κ2) is 5.36. The molecule has 2 saturated heterocycles. The van der Waals surface area contributed by atoms with E-state index in [1.165, 1.54) is 4.90 Å². The molecule has 1 N–H and O–H groups in total. The molecule has 2 aliphatic rings. The van der Waals surface area contributed by atoms with Crippen LogP contribution in [-0.4, -0.2) is 65.3 Å². The molecular formula is C13H22N2O4. The average molecular weight is 270 g/mol. The number of carbonyl (C=O) groups excluding carboxylic acids is 1. The molecule has 0 saturated carbocycles. The van der Waals surface area contributed by atoms with Gasteiger partial charge in [0, 0.05) is 20.2 Å². The molecule has 0 aliphatic carbocycles. The van der Waals surface area contributed by atoms with Crippen LogP contribution in [0.3, 0.4) is 0 Å². The molecule has 4 unspecified atom stereocenters. The molecule has 6 nitrogen and oxygen atoms in total. The quantitative estimate of drug-likeness (QED) is 0.813. The number of hydrogen-bond acceptors (Lipinski definition) is 3. The second-order valence-electron chi connectivity index (χ2n) is 5.57. The van der Waals surface area contributed by atoms with Gasteiger partial charge in [0.1, 0.15) is 6.04 Å². The van der Waals surface area contributed by atoms with Crippen molar-refractivity contribution in [2.45, 2.75) is 44.9 Å².